The molecule has 1 rings (SSSR count). The number of nitrogens with zero attached hydrogens (tertiary/aromatic N) is 1. The van der Waals surface area contributed by atoms with Crippen LogP contribution in [0.4, 0.5) is 0 Å². The Hall–Kier alpha value is -1.62. The molecular formula is C10H15N3O2. The maximum atomic E-state index is 11.8. The summed E-state index contributed by atoms with van der Waals surface area (Å²) in [5.74, 6) is -0.310. The van der Waals surface area contributed by atoms with Gasteiger partial charge in [-0.2, -0.15) is 0 Å². The highest BCUT2D eigenvalue weighted by atomic mass is 16.2. The highest BCUT2D eigenvalue weighted by molar-refractivity contribution is 5.93. The van der Waals surface area contributed by atoms with Crippen molar-refractivity contribution in [1.82, 2.24) is 9.88 Å². The van der Waals surface area contributed by atoms with E-state index in [2.05, 4.69) is 4.98 Å². The Morgan fingerprint density at radius 3 is 2.87 bits per heavy atom. The molecule has 1 atom stereocenters. The summed E-state index contributed by atoms with van der Waals surface area (Å²) >= 11 is 0. The predicted molar refractivity (Wildman–Crippen MR) is 57.7 cm³/mol. The molecule has 5 heteroatoms. The summed E-state index contributed by atoms with van der Waals surface area (Å²) in [6, 6.07) is 3.04. The molecule has 1 amide bonds. The van der Waals surface area contributed by atoms with Crippen molar-refractivity contribution in [3.8, 4) is 0 Å². The smallest absolute Gasteiger partial charge is 0.260 e. The lowest BCUT2D eigenvalue weighted by Gasteiger charge is -2.23. The minimum absolute atomic E-state index is 0.0860. The quantitative estimate of drug-likeness (QED) is 0.723. The van der Waals surface area contributed by atoms with Crippen LogP contribution in [-0.4, -0.2) is 35.4 Å². The Bertz CT molecular complexity index is 400. The third-order valence-electron chi connectivity index (χ3n) is 2.37. The molecule has 0 aliphatic carbocycles. The fourth-order valence-corrected chi connectivity index (χ4v) is 1.14. The molecule has 0 saturated carbocycles. The number of H-pyrrole nitrogens is 1. The molecule has 0 aromatic carbocycles. The number of aromatic nitrogens is 1. The van der Waals surface area contributed by atoms with Gasteiger partial charge in [0.05, 0.1) is 0 Å². The minimum atomic E-state index is -0.376. The first-order chi connectivity index (χ1) is 7.07. The van der Waals surface area contributed by atoms with E-state index in [0.717, 1.165) is 0 Å². The Morgan fingerprint density at radius 1 is 1.67 bits per heavy atom. The average Bonchev–Trinajstić information content (AvgIpc) is 2.26. The molecule has 15 heavy (non-hydrogen) atoms. The first-order valence-electron chi connectivity index (χ1n) is 4.73. The molecule has 1 aromatic heterocycles. The van der Waals surface area contributed by atoms with Crippen LogP contribution in [0.15, 0.2) is 23.1 Å². The van der Waals surface area contributed by atoms with Gasteiger partial charge in [0, 0.05) is 25.8 Å². The molecule has 0 aliphatic heterocycles. The summed E-state index contributed by atoms with van der Waals surface area (Å²) < 4.78 is 0. The molecule has 1 aromatic rings. The molecule has 0 saturated heterocycles. The topological polar surface area (TPSA) is 79.2 Å². The van der Waals surface area contributed by atoms with Crippen LogP contribution in [0, 0.1) is 0 Å². The van der Waals surface area contributed by atoms with E-state index >= 15 is 0 Å². The number of hydrogen-bond acceptors (Lipinski definition) is 3. The summed E-state index contributed by atoms with van der Waals surface area (Å²) in [4.78, 5) is 27.1. The van der Waals surface area contributed by atoms with Gasteiger partial charge >= 0.3 is 0 Å². The Morgan fingerprint density at radius 2 is 2.33 bits per heavy atom. The van der Waals surface area contributed by atoms with Gasteiger partial charge in [0.15, 0.2) is 0 Å². The second-order valence-corrected chi connectivity index (χ2v) is 3.41. The van der Waals surface area contributed by atoms with Crippen LogP contribution in [-0.2, 0) is 0 Å². The van der Waals surface area contributed by atoms with Gasteiger partial charge in [-0.3, -0.25) is 9.59 Å². The first kappa shape index (κ1) is 11.5. The number of amides is 1. The van der Waals surface area contributed by atoms with Gasteiger partial charge in [0.25, 0.3) is 11.5 Å². The van der Waals surface area contributed by atoms with Crippen molar-refractivity contribution in [3.05, 3.63) is 34.2 Å². The summed E-state index contributed by atoms with van der Waals surface area (Å²) in [6.07, 6.45) is 1.49. The zero-order chi connectivity index (χ0) is 11.4. The van der Waals surface area contributed by atoms with Crippen molar-refractivity contribution in [1.29, 1.82) is 0 Å². The van der Waals surface area contributed by atoms with Crippen LogP contribution in [0.1, 0.15) is 17.3 Å². The molecule has 0 fully saturated rings. The van der Waals surface area contributed by atoms with Crippen molar-refractivity contribution in [2.75, 3.05) is 13.6 Å². The Kier molecular flexibility index (Phi) is 3.62. The number of nitrogens with two attached hydrogens (primary N) is 1. The summed E-state index contributed by atoms with van der Waals surface area (Å²) in [6.45, 7) is 2.20. The van der Waals surface area contributed by atoms with Crippen molar-refractivity contribution in [3.63, 3.8) is 0 Å². The molecule has 3 N–H and O–H groups in total. The van der Waals surface area contributed by atoms with E-state index in [-0.39, 0.29) is 23.1 Å². The Balaban J connectivity index is 2.95. The largest absolute Gasteiger partial charge is 0.338 e. The predicted octanol–water partition coefficient (Wildman–Crippen LogP) is -0.206. The SMILES string of the molecule is CC(CN)N(C)C(=O)c1ccc[nH]c1=O. The van der Waals surface area contributed by atoms with Crippen LogP contribution in [0.2, 0.25) is 0 Å². The maximum Gasteiger partial charge on any atom is 0.260 e. The molecule has 1 heterocycles. The molecule has 5 nitrogen and oxygen atoms in total. The number of hydrogen-bond donors (Lipinski definition) is 2. The molecule has 0 bridgehead atoms. The molecule has 0 radical (unpaired) electrons. The summed E-state index contributed by atoms with van der Waals surface area (Å²) in [5, 5.41) is 0. The van der Waals surface area contributed by atoms with Gasteiger partial charge in [-0.1, -0.05) is 0 Å². The van der Waals surface area contributed by atoms with Crippen LogP contribution in [0.5, 0.6) is 0 Å². The zero-order valence-electron chi connectivity index (χ0n) is 8.86. The fraction of sp³-hybridized carbons (Fsp3) is 0.400. The van der Waals surface area contributed by atoms with Gasteiger partial charge in [0.1, 0.15) is 5.56 Å². The van der Waals surface area contributed by atoms with Gasteiger partial charge in [-0.25, -0.2) is 0 Å². The lowest BCUT2D eigenvalue weighted by Crippen LogP contribution is -2.41. The number of pyridine rings is 1. The van der Waals surface area contributed by atoms with E-state index in [9.17, 15) is 9.59 Å². The number of carbonyl (C=O) groups excluding carboxylic acids is 1. The second-order valence-electron chi connectivity index (χ2n) is 3.41. The standard InChI is InChI=1S/C10H15N3O2/c1-7(6-11)13(2)10(15)8-4-3-5-12-9(8)14/h3-5,7H,6,11H2,1-2H3,(H,12,14). The van der Waals surface area contributed by atoms with Crippen LogP contribution in [0.25, 0.3) is 0 Å². The van der Waals surface area contributed by atoms with E-state index < -0.39 is 0 Å². The van der Waals surface area contributed by atoms with Crippen LogP contribution in [0.3, 0.4) is 0 Å². The minimum Gasteiger partial charge on any atom is -0.338 e. The Labute approximate surface area is 87.9 Å². The fourth-order valence-electron chi connectivity index (χ4n) is 1.14. The molecule has 1 unspecified atom stereocenters. The highest BCUT2D eigenvalue weighted by Gasteiger charge is 2.18. The number of nitrogens with one attached hydrogen (secondary N) is 1. The number of carbonyl (C=O) groups is 1. The summed E-state index contributed by atoms with van der Waals surface area (Å²) in [5.41, 5.74) is 5.21. The van der Waals surface area contributed by atoms with E-state index in [4.69, 9.17) is 5.73 Å². The van der Waals surface area contributed by atoms with Gasteiger partial charge in [0.2, 0.25) is 0 Å². The van der Waals surface area contributed by atoms with Crippen molar-refractivity contribution in [2.24, 2.45) is 5.73 Å². The second kappa shape index (κ2) is 4.75. The van der Waals surface area contributed by atoms with E-state index in [1.165, 1.54) is 17.2 Å². The summed E-state index contributed by atoms with van der Waals surface area (Å²) in [7, 11) is 1.63. The molecule has 82 valence electrons. The number of rotatable bonds is 3. The average molecular weight is 209 g/mol. The van der Waals surface area contributed by atoms with Gasteiger partial charge in [-0.05, 0) is 19.1 Å². The van der Waals surface area contributed by atoms with E-state index in [1.807, 2.05) is 6.92 Å². The number of aromatic amines is 1. The maximum absolute atomic E-state index is 11.8. The number of likely N-dealkylation sites (N-methyl/N-ethyl adjacent to an activating group) is 1. The van der Waals surface area contributed by atoms with E-state index in [1.54, 1.807) is 13.1 Å². The third kappa shape index (κ3) is 2.44. The van der Waals surface area contributed by atoms with Gasteiger partial charge in [-0.15, -0.1) is 0 Å². The lowest BCUT2D eigenvalue weighted by molar-refractivity contribution is 0.0746. The zero-order valence-corrected chi connectivity index (χ0v) is 8.86. The lowest BCUT2D eigenvalue weighted by atomic mass is 10.2. The highest BCUT2D eigenvalue weighted by Crippen LogP contribution is 2.00. The van der Waals surface area contributed by atoms with Gasteiger partial charge < -0.3 is 15.6 Å². The van der Waals surface area contributed by atoms with Crippen LogP contribution >= 0.6 is 0 Å². The third-order valence-corrected chi connectivity index (χ3v) is 2.37. The van der Waals surface area contributed by atoms with Crippen molar-refractivity contribution >= 4 is 5.91 Å². The van der Waals surface area contributed by atoms with Crippen LogP contribution < -0.4 is 11.3 Å². The normalized spacial score (nSPS) is 12.2. The molecular weight excluding hydrogens is 194 g/mol. The monoisotopic (exact) mass is 209 g/mol. The first-order valence-corrected chi connectivity index (χ1v) is 4.73. The molecule has 0 spiro atoms. The van der Waals surface area contributed by atoms with Crippen molar-refractivity contribution in [2.45, 2.75) is 13.0 Å². The van der Waals surface area contributed by atoms with Crippen molar-refractivity contribution < 1.29 is 4.79 Å². The molecule has 0 aliphatic rings. The van der Waals surface area contributed by atoms with E-state index in [0.29, 0.717) is 6.54 Å².